The van der Waals surface area contributed by atoms with Crippen LogP contribution in [0.1, 0.15) is 60.4 Å². The number of carbonyl (C=O) groups excluding carboxylic acids is 1. The lowest BCUT2D eigenvalue weighted by atomic mass is 9.93. The summed E-state index contributed by atoms with van der Waals surface area (Å²) in [7, 11) is 0. The van der Waals surface area contributed by atoms with E-state index in [1.807, 2.05) is 39.8 Å². The lowest BCUT2D eigenvalue weighted by molar-refractivity contribution is -0.123. The SMILES string of the molecule is CC[C@@H](C(=O)N[C@@H](C)c1ccccc1C)c1c(C)noc1C. The lowest BCUT2D eigenvalue weighted by Gasteiger charge is -2.21. The van der Waals surface area contributed by atoms with Crippen molar-refractivity contribution in [2.24, 2.45) is 0 Å². The molecule has 0 aliphatic rings. The molecule has 0 radical (unpaired) electrons. The number of hydrogen-bond donors (Lipinski definition) is 1. The molecule has 0 unspecified atom stereocenters. The second-order valence-electron chi connectivity index (χ2n) is 5.79. The standard InChI is InChI=1S/C18H24N2O2/c1-6-15(17-13(4)20-22-14(17)5)18(21)19-12(3)16-10-8-7-9-11(16)2/h7-10,12,15H,6H2,1-5H3,(H,19,21)/t12-,15+/m0/s1. The van der Waals surface area contributed by atoms with E-state index in [1.165, 1.54) is 5.56 Å². The van der Waals surface area contributed by atoms with E-state index in [2.05, 4.69) is 29.5 Å². The predicted octanol–water partition coefficient (Wildman–Crippen LogP) is 3.97. The van der Waals surface area contributed by atoms with E-state index in [4.69, 9.17) is 4.52 Å². The molecule has 1 amide bonds. The first-order valence-corrected chi connectivity index (χ1v) is 7.74. The Kier molecular flexibility index (Phi) is 5.01. The summed E-state index contributed by atoms with van der Waals surface area (Å²) in [6.45, 7) is 9.82. The Hall–Kier alpha value is -2.10. The molecule has 0 saturated carbocycles. The highest BCUT2D eigenvalue weighted by Crippen LogP contribution is 2.27. The molecule has 0 bridgehead atoms. The molecule has 0 saturated heterocycles. The molecule has 2 atom stereocenters. The predicted molar refractivity (Wildman–Crippen MR) is 86.7 cm³/mol. The van der Waals surface area contributed by atoms with Gasteiger partial charge in [0.2, 0.25) is 5.91 Å². The first-order valence-electron chi connectivity index (χ1n) is 7.74. The summed E-state index contributed by atoms with van der Waals surface area (Å²) in [4.78, 5) is 12.7. The van der Waals surface area contributed by atoms with Crippen LogP contribution in [0.15, 0.2) is 28.8 Å². The molecule has 118 valence electrons. The third kappa shape index (κ3) is 3.21. The zero-order valence-electron chi connectivity index (χ0n) is 13.9. The number of benzene rings is 1. The summed E-state index contributed by atoms with van der Waals surface area (Å²) in [6, 6.07) is 8.09. The van der Waals surface area contributed by atoms with Crippen LogP contribution in [-0.2, 0) is 4.79 Å². The van der Waals surface area contributed by atoms with Crippen molar-refractivity contribution in [3.63, 3.8) is 0 Å². The van der Waals surface area contributed by atoms with Crippen LogP contribution in [0.4, 0.5) is 0 Å². The Bertz CT molecular complexity index is 641. The molecule has 4 nitrogen and oxygen atoms in total. The zero-order valence-corrected chi connectivity index (χ0v) is 13.9. The molecular formula is C18H24N2O2. The maximum atomic E-state index is 12.7. The van der Waals surface area contributed by atoms with Crippen LogP contribution >= 0.6 is 0 Å². The lowest BCUT2D eigenvalue weighted by Crippen LogP contribution is -2.32. The van der Waals surface area contributed by atoms with Gasteiger partial charge >= 0.3 is 0 Å². The van der Waals surface area contributed by atoms with Crippen molar-refractivity contribution in [1.29, 1.82) is 0 Å². The second-order valence-corrected chi connectivity index (χ2v) is 5.79. The minimum Gasteiger partial charge on any atom is -0.361 e. The van der Waals surface area contributed by atoms with Crippen molar-refractivity contribution in [3.05, 3.63) is 52.4 Å². The molecule has 1 aromatic carbocycles. The number of nitrogens with zero attached hydrogens (tertiary/aromatic N) is 1. The Labute approximate surface area is 131 Å². The number of aromatic nitrogens is 1. The first kappa shape index (κ1) is 16.3. The van der Waals surface area contributed by atoms with Gasteiger partial charge in [-0.3, -0.25) is 4.79 Å². The van der Waals surface area contributed by atoms with Gasteiger partial charge in [-0.25, -0.2) is 0 Å². The minimum atomic E-state index is -0.224. The van der Waals surface area contributed by atoms with Crippen LogP contribution in [0.25, 0.3) is 0 Å². The van der Waals surface area contributed by atoms with Gasteiger partial charge in [-0.15, -0.1) is 0 Å². The van der Waals surface area contributed by atoms with Gasteiger partial charge in [0.15, 0.2) is 0 Å². The molecule has 0 fully saturated rings. The van der Waals surface area contributed by atoms with E-state index >= 15 is 0 Å². The summed E-state index contributed by atoms with van der Waals surface area (Å²) in [5.41, 5.74) is 4.03. The van der Waals surface area contributed by atoms with Gasteiger partial charge in [0.25, 0.3) is 0 Å². The Morgan fingerprint density at radius 2 is 1.95 bits per heavy atom. The van der Waals surface area contributed by atoms with E-state index in [-0.39, 0.29) is 17.9 Å². The van der Waals surface area contributed by atoms with Crippen molar-refractivity contribution in [2.75, 3.05) is 0 Å². The van der Waals surface area contributed by atoms with Crippen molar-refractivity contribution < 1.29 is 9.32 Å². The highest BCUT2D eigenvalue weighted by Gasteiger charge is 2.26. The maximum absolute atomic E-state index is 12.7. The Morgan fingerprint density at radius 3 is 2.50 bits per heavy atom. The fourth-order valence-corrected chi connectivity index (χ4v) is 2.97. The third-order valence-electron chi connectivity index (χ3n) is 4.18. The molecule has 22 heavy (non-hydrogen) atoms. The van der Waals surface area contributed by atoms with Crippen molar-refractivity contribution in [2.45, 2.75) is 53.0 Å². The third-order valence-corrected chi connectivity index (χ3v) is 4.18. The van der Waals surface area contributed by atoms with E-state index in [0.29, 0.717) is 0 Å². The topological polar surface area (TPSA) is 55.1 Å². The minimum absolute atomic E-state index is 0.0210. The number of aryl methyl sites for hydroxylation is 3. The summed E-state index contributed by atoms with van der Waals surface area (Å²) in [5.74, 6) is 0.522. The second kappa shape index (κ2) is 6.77. The largest absolute Gasteiger partial charge is 0.361 e. The van der Waals surface area contributed by atoms with Crippen LogP contribution in [0.5, 0.6) is 0 Å². The molecule has 2 rings (SSSR count). The molecule has 4 heteroatoms. The highest BCUT2D eigenvalue weighted by atomic mass is 16.5. The van der Waals surface area contributed by atoms with Gasteiger partial charge in [-0.2, -0.15) is 0 Å². The molecule has 0 aliphatic carbocycles. The number of hydrogen-bond acceptors (Lipinski definition) is 3. The number of carbonyl (C=O) groups is 1. The smallest absolute Gasteiger partial charge is 0.228 e. The highest BCUT2D eigenvalue weighted by molar-refractivity contribution is 5.84. The summed E-state index contributed by atoms with van der Waals surface area (Å²) in [5, 5.41) is 7.09. The van der Waals surface area contributed by atoms with Crippen molar-refractivity contribution >= 4 is 5.91 Å². The van der Waals surface area contributed by atoms with Crippen LogP contribution < -0.4 is 5.32 Å². The summed E-state index contributed by atoms with van der Waals surface area (Å²) in [6.07, 6.45) is 0.717. The summed E-state index contributed by atoms with van der Waals surface area (Å²) < 4.78 is 5.21. The Morgan fingerprint density at radius 1 is 1.27 bits per heavy atom. The summed E-state index contributed by atoms with van der Waals surface area (Å²) >= 11 is 0. The normalized spacial score (nSPS) is 13.7. The monoisotopic (exact) mass is 300 g/mol. The first-order chi connectivity index (χ1) is 10.5. The van der Waals surface area contributed by atoms with Gasteiger partial charge in [0, 0.05) is 5.56 Å². The number of rotatable bonds is 5. The van der Waals surface area contributed by atoms with Crippen molar-refractivity contribution in [3.8, 4) is 0 Å². The average Bonchev–Trinajstić information content (AvgIpc) is 2.80. The molecule has 1 N–H and O–H groups in total. The van der Waals surface area contributed by atoms with Crippen LogP contribution in [0.2, 0.25) is 0 Å². The molecule has 0 spiro atoms. The van der Waals surface area contributed by atoms with Gasteiger partial charge < -0.3 is 9.84 Å². The van der Waals surface area contributed by atoms with Gasteiger partial charge in [0.05, 0.1) is 17.7 Å². The van der Waals surface area contributed by atoms with Crippen LogP contribution in [0, 0.1) is 20.8 Å². The number of nitrogens with one attached hydrogen (secondary N) is 1. The van der Waals surface area contributed by atoms with Crippen molar-refractivity contribution in [1.82, 2.24) is 10.5 Å². The molecular weight excluding hydrogens is 276 g/mol. The molecule has 1 heterocycles. The van der Waals surface area contributed by atoms with E-state index < -0.39 is 0 Å². The fraction of sp³-hybridized carbons (Fsp3) is 0.444. The molecule has 0 aliphatic heterocycles. The van der Waals surface area contributed by atoms with Crippen LogP contribution in [0.3, 0.4) is 0 Å². The number of amides is 1. The van der Waals surface area contributed by atoms with E-state index in [0.717, 1.165) is 29.0 Å². The quantitative estimate of drug-likeness (QED) is 0.909. The van der Waals surface area contributed by atoms with Gasteiger partial charge in [-0.05, 0) is 45.2 Å². The molecule has 2 aromatic rings. The molecule has 1 aromatic heterocycles. The van der Waals surface area contributed by atoms with Crippen LogP contribution in [-0.4, -0.2) is 11.1 Å². The van der Waals surface area contributed by atoms with E-state index in [9.17, 15) is 4.79 Å². The maximum Gasteiger partial charge on any atom is 0.228 e. The fourth-order valence-electron chi connectivity index (χ4n) is 2.97. The van der Waals surface area contributed by atoms with Gasteiger partial charge in [0.1, 0.15) is 5.76 Å². The zero-order chi connectivity index (χ0) is 16.3. The average molecular weight is 300 g/mol. The van der Waals surface area contributed by atoms with Gasteiger partial charge in [-0.1, -0.05) is 36.3 Å². The van der Waals surface area contributed by atoms with E-state index in [1.54, 1.807) is 0 Å². The Balaban J connectivity index is 2.18.